The Bertz CT molecular complexity index is 728. The second-order valence-electron chi connectivity index (χ2n) is 4.93. The fourth-order valence-electron chi connectivity index (χ4n) is 2.51. The lowest BCUT2D eigenvalue weighted by Gasteiger charge is -2.09. The number of aromatic nitrogens is 2. The third-order valence-corrected chi connectivity index (χ3v) is 5.06. The first-order chi connectivity index (χ1) is 10.2. The van der Waals surface area contributed by atoms with E-state index in [0.29, 0.717) is 10.6 Å². The maximum Gasteiger partial charge on any atom is 0.246 e. The van der Waals surface area contributed by atoms with Crippen LogP contribution in [0.2, 0.25) is 0 Å². The average Bonchev–Trinajstić information content (AvgIpc) is 3.01. The Morgan fingerprint density at radius 2 is 2.33 bits per heavy atom. The maximum atomic E-state index is 12.1. The van der Waals surface area contributed by atoms with E-state index in [2.05, 4.69) is 32.4 Å². The van der Waals surface area contributed by atoms with Crippen molar-refractivity contribution < 1.29 is 4.79 Å². The molecule has 0 radical (unpaired) electrons. The normalized spacial score (nSPS) is 13.5. The summed E-state index contributed by atoms with van der Waals surface area (Å²) in [5.41, 5.74) is 1.77. The van der Waals surface area contributed by atoms with Crippen molar-refractivity contribution in [2.75, 3.05) is 5.32 Å². The van der Waals surface area contributed by atoms with E-state index >= 15 is 0 Å². The van der Waals surface area contributed by atoms with Crippen LogP contribution in [0.25, 0.3) is 0 Å². The molecule has 1 N–H and O–H groups in total. The summed E-state index contributed by atoms with van der Waals surface area (Å²) in [5.74, 6) is -0.166. The summed E-state index contributed by atoms with van der Waals surface area (Å²) in [4.78, 5) is 13.3. The quantitative estimate of drug-likeness (QED) is 0.909. The summed E-state index contributed by atoms with van der Waals surface area (Å²) < 4.78 is 2.39. The van der Waals surface area contributed by atoms with Crippen molar-refractivity contribution in [3.05, 3.63) is 32.9 Å². The van der Waals surface area contributed by atoms with Gasteiger partial charge in [0.15, 0.2) is 0 Å². The molecule has 2 aromatic heterocycles. The molecule has 2 heterocycles. The van der Waals surface area contributed by atoms with Crippen LogP contribution in [0.1, 0.15) is 28.8 Å². The predicted molar refractivity (Wildman–Crippen MR) is 84.2 cm³/mol. The van der Waals surface area contributed by atoms with Crippen LogP contribution in [0.5, 0.6) is 0 Å². The molecule has 1 amide bonds. The lowest BCUT2D eigenvalue weighted by Crippen LogP contribution is -2.18. The Balaban J connectivity index is 1.77. The summed E-state index contributed by atoms with van der Waals surface area (Å²) in [6, 6.07) is 2.24. The third-order valence-electron chi connectivity index (χ3n) is 3.44. The number of anilines is 1. The molecule has 1 aliphatic carbocycles. The Labute approximate surface area is 134 Å². The predicted octanol–water partition coefficient (Wildman–Crippen LogP) is 3.10. The minimum atomic E-state index is -0.166. The second-order valence-corrected chi connectivity index (χ2v) is 6.95. The summed E-state index contributed by atoms with van der Waals surface area (Å²) >= 11 is 4.83. The largest absolute Gasteiger partial charge is 0.315 e. The Morgan fingerprint density at radius 1 is 1.52 bits per heavy atom. The number of nitrogens with one attached hydrogen (secondary N) is 1. The molecule has 0 fully saturated rings. The number of aryl methyl sites for hydroxylation is 1. The van der Waals surface area contributed by atoms with Gasteiger partial charge in [-0.2, -0.15) is 10.4 Å². The van der Waals surface area contributed by atoms with E-state index in [9.17, 15) is 10.1 Å². The van der Waals surface area contributed by atoms with E-state index in [-0.39, 0.29) is 12.5 Å². The number of hydrogen-bond acceptors (Lipinski definition) is 4. The van der Waals surface area contributed by atoms with Gasteiger partial charge in [-0.1, -0.05) is 0 Å². The zero-order valence-corrected chi connectivity index (χ0v) is 13.6. The first-order valence-electron chi connectivity index (χ1n) is 6.70. The van der Waals surface area contributed by atoms with Crippen LogP contribution >= 0.6 is 27.3 Å². The number of amides is 1. The fourth-order valence-corrected chi connectivity index (χ4v) is 4.09. The highest BCUT2D eigenvalue weighted by atomic mass is 79.9. The molecule has 21 heavy (non-hydrogen) atoms. The molecule has 0 saturated carbocycles. The second kappa shape index (κ2) is 6.00. The first kappa shape index (κ1) is 14.3. The zero-order chi connectivity index (χ0) is 14.8. The number of rotatable bonds is 3. The number of nitrogens with zero attached hydrogens (tertiary/aromatic N) is 3. The minimum Gasteiger partial charge on any atom is -0.315 e. The SMILES string of the molecule is N#Cc1c(NC(=O)Cn2cc(Br)cn2)sc2c1CCCC2. The van der Waals surface area contributed by atoms with Crippen LogP contribution in [0.3, 0.4) is 0 Å². The third kappa shape index (κ3) is 3.01. The van der Waals surface area contributed by atoms with E-state index in [4.69, 9.17) is 0 Å². The maximum absolute atomic E-state index is 12.1. The Kier molecular flexibility index (Phi) is 4.08. The molecule has 0 saturated heterocycles. The van der Waals surface area contributed by atoms with Crippen molar-refractivity contribution in [1.29, 1.82) is 5.26 Å². The van der Waals surface area contributed by atoms with Crippen LogP contribution in [0, 0.1) is 11.3 Å². The molecule has 2 aromatic rings. The fraction of sp³-hybridized carbons (Fsp3) is 0.357. The van der Waals surface area contributed by atoms with Gasteiger partial charge in [-0.3, -0.25) is 9.48 Å². The van der Waals surface area contributed by atoms with Crippen molar-refractivity contribution in [3.8, 4) is 6.07 Å². The van der Waals surface area contributed by atoms with Crippen LogP contribution < -0.4 is 5.32 Å². The van der Waals surface area contributed by atoms with E-state index in [1.165, 1.54) is 16.2 Å². The molecule has 0 aromatic carbocycles. The lowest BCUT2D eigenvalue weighted by atomic mass is 9.96. The van der Waals surface area contributed by atoms with Gasteiger partial charge >= 0.3 is 0 Å². The van der Waals surface area contributed by atoms with Gasteiger partial charge in [0.05, 0.1) is 16.2 Å². The van der Waals surface area contributed by atoms with Gasteiger partial charge in [0, 0.05) is 11.1 Å². The van der Waals surface area contributed by atoms with Crippen LogP contribution in [-0.2, 0) is 24.2 Å². The van der Waals surface area contributed by atoms with Crippen LogP contribution in [0.15, 0.2) is 16.9 Å². The van der Waals surface area contributed by atoms with Crippen molar-refractivity contribution >= 4 is 38.2 Å². The number of thiophene rings is 1. The molecule has 0 aliphatic heterocycles. The number of carbonyl (C=O) groups excluding carboxylic acids is 1. The molecular weight excluding hydrogens is 352 g/mol. The summed E-state index contributed by atoms with van der Waals surface area (Å²) in [7, 11) is 0. The molecule has 0 unspecified atom stereocenters. The molecular formula is C14H13BrN4OS. The van der Waals surface area contributed by atoms with Crippen molar-refractivity contribution in [1.82, 2.24) is 9.78 Å². The summed E-state index contributed by atoms with van der Waals surface area (Å²) in [6.07, 6.45) is 7.61. The highest BCUT2D eigenvalue weighted by Gasteiger charge is 2.21. The highest BCUT2D eigenvalue weighted by molar-refractivity contribution is 9.10. The number of carbonyl (C=O) groups is 1. The number of hydrogen-bond donors (Lipinski definition) is 1. The van der Waals surface area contributed by atoms with E-state index in [1.807, 2.05) is 0 Å². The van der Waals surface area contributed by atoms with Gasteiger partial charge < -0.3 is 5.32 Å². The van der Waals surface area contributed by atoms with Crippen LogP contribution in [-0.4, -0.2) is 15.7 Å². The van der Waals surface area contributed by atoms with Gasteiger partial charge in [0.2, 0.25) is 5.91 Å². The van der Waals surface area contributed by atoms with Crippen molar-refractivity contribution in [2.45, 2.75) is 32.2 Å². The molecule has 0 spiro atoms. The molecule has 1 aliphatic rings. The molecule has 0 atom stereocenters. The number of halogens is 1. The van der Waals surface area contributed by atoms with Crippen molar-refractivity contribution in [3.63, 3.8) is 0 Å². The van der Waals surface area contributed by atoms with E-state index in [1.54, 1.807) is 17.1 Å². The van der Waals surface area contributed by atoms with Gasteiger partial charge in [-0.15, -0.1) is 11.3 Å². The van der Waals surface area contributed by atoms with Gasteiger partial charge in [-0.25, -0.2) is 0 Å². The van der Waals surface area contributed by atoms with Gasteiger partial charge in [-0.05, 0) is 47.2 Å². The molecule has 5 nitrogen and oxygen atoms in total. The molecule has 108 valence electrons. The Morgan fingerprint density at radius 3 is 3.05 bits per heavy atom. The van der Waals surface area contributed by atoms with E-state index in [0.717, 1.165) is 35.7 Å². The summed E-state index contributed by atoms with van der Waals surface area (Å²) in [5, 5.41) is 16.9. The van der Waals surface area contributed by atoms with Gasteiger partial charge in [0.25, 0.3) is 0 Å². The standard InChI is InChI=1S/C14H13BrN4OS/c15-9-6-17-19(7-9)8-13(20)18-14-11(5-16)10-3-1-2-4-12(10)21-14/h6-7H,1-4,8H2,(H,18,20). The van der Waals surface area contributed by atoms with Gasteiger partial charge in [0.1, 0.15) is 17.6 Å². The minimum absolute atomic E-state index is 0.138. The number of nitriles is 1. The monoisotopic (exact) mass is 364 g/mol. The topological polar surface area (TPSA) is 70.7 Å². The highest BCUT2D eigenvalue weighted by Crippen LogP contribution is 2.37. The van der Waals surface area contributed by atoms with Crippen molar-refractivity contribution in [2.24, 2.45) is 0 Å². The average molecular weight is 365 g/mol. The smallest absolute Gasteiger partial charge is 0.246 e. The summed E-state index contributed by atoms with van der Waals surface area (Å²) in [6.45, 7) is 0.138. The lowest BCUT2D eigenvalue weighted by molar-refractivity contribution is -0.116. The Hall–Kier alpha value is -1.65. The van der Waals surface area contributed by atoms with Crippen LogP contribution in [0.4, 0.5) is 5.00 Å². The number of fused-ring (bicyclic) bond motifs is 1. The van der Waals surface area contributed by atoms with E-state index < -0.39 is 0 Å². The molecule has 0 bridgehead atoms. The molecule has 7 heteroatoms. The zero-order valence-electron chi connectivity index (χ0n) is 11.2. The molecule has 3 rings (SSSR count). The first-order valence-corrected chi connectivity index (χ1v) is 8.31.